The van der Waals surface area contributed by atoms with Crippen LogP contribution in [0.4, 0.5) is 4.79 Å². The Hall–Kier alpha value is -4.24. The van der Waals surface area contributed by atoms with E-state index in [0.29, 0.717) is 22.3 Å². The lowest BCUT2D eigenvalue weighted by Gasteiger charge is -2.17. The molecule has 0 aliphatic rings. The molecular weight excluding hydrogens is 504 g/mol. The minimum Gasteiger partial charge on any atom is -0.432 e. The van der Waals surface area contributed by atoms with E-state index in [0.717, 1.165) is 6.26 Å². The van der Waals surface area contributed by atoms with E-state index in [9.17, 15) is 38.5 Å². The van der Waals surface area contributed by atoms with Crippen LogP contribution in [0.1, 0.15) is 11.1 Å². The van der Waals surface area contributed by atoms with Gasteiger partial charge in [0.05, 0.1) is 11.5 Å². The number of sulfone groups is 1. The van der Waals surface area contributed by atoms with Gasteiger partial charge in [0.1, 0.15) is 19.8 Å². The number of aliphatic hydroxyl groups excluding tert-OH is 1. The molecule has 2 aromatic rings. The molecule has 2 aromatic carbocycles. The molecule has 0 bridgehead atoms. The van der Waals surface area contributed by atoms with Crippen molar-refractivity contribution in [2.75, 3.05) is 32.7 Å². The van der Waals surface area contributed by atoms with E-state index in [2.05, 4.69) is 9.68 Å². The number of hydrogen-bond acceptors (Lipinski definition) is 12. The topological polar surface area (TPSA) is 195 Å². The van der Waals surface area contributed by atoms with Crippen molar-refractivity contribution in [1.29, 1.82) is 0 Å². The van der Waals surface area contributed by atoms with Gasteiger partial charge in [0.25, 0.3) is 10.2 Å². The second-order valence-electron chi connectivity index (χ2n) is 7.10. The molecule has 0 aromatic heterocycles. The van der Waals surface area contributed by atoms with E-state index in [-0.39, 0.29) is 4.90 Å². The summed E-state index contributed by atoms with van der Waals surface area (Å²) in [5.74, 6) is 0. The van der Waals surface area contributed by atoms with Crippen LogP contribution in [-0.4, -0.2) is 68.6 Å². The largest absolute Gasteiger partial charge is 0.508 e. The average molecular weight is 526 g/mol. The minimum atomic E-state index is -3.47. The third-order valence-corrected chi connectivity index (χ3v) is 5.73. The van der Waals surface area contributed by atoms with E-state index < -0.39 is 58.7 Å². The van der Waals surface area contributed by atoms with Crippen LogP contribution in [0.5, 0.6) is 0 Å². The Morgan fingerprint density at radius 3 is 2.06 bits per heavy atom. The standard InChI is InChI=1S/C21H22N2O12S/c1-36(30,31)18-9-7-16(8-10-18)20(19(11-24)15-5-3-2-4-6-15)14-33-21(25)32-12-17(35-23(28)29)13-34-22(26)27/h2-10,17,24H,11-14H2,1H3/b20-19-. The van der Waals surface area contributed by atoms with E-state index in [1.807, 2.05) is 0 Å². The van der Waals surface area contributed by atoms with E-state index >= 15 is 0 Å². The first-order chi connectivity index (χ1) is 17.0. The Bertz CT molecular complexity index is 1200. The van der Waals surface area contributed by atoms with Gasteiger partial charge in [-0.15, -0.1) is 20.2 Å². The Balaban J connectivity index is 2.23. The molecule has 0 heterocycles. The molecule has 0 spiro atoms. The molecule has 15 heteroatoms. The fraction of sp³-hybridized carbons (Fsp3) is 0.286. The number of hydrogen-bond donors (Lipinski definition) is 1. The molecule has 0 saturated carbocycles. The highest BCUT2D eigenvalue weighted by molar-refractivity contribution is 7.90. The van der Waals surface area contributed by atoms with Gasteiger partial charge in [0.15, 0.2) is 15.9 Å². The first kappa shape index (κ1) is 28.0. The van der Waals surface area contributed by atoms with Crippen molar-refractivity contribution < 1.29 is 47.6 Å². The normalized spacial score (nSPS) is 12.6. The maximum Gasteiger partial charge on any atom is 0.508 e. The number of benzene rings is 2. The predicted octanol–water partition coefficient (Wildman–Crippen LogP) is 1.93. The summed E-state index contributed by atoms with van der Waals surface area (Å²) < 4.78 is 33.4. The smallest absolute Gasteiger partial charge is 0.432 e. The number of nitrogens with zero attached hydrogens (tertiary/aromatic N) is 2. The molecule has 0 fully saturated rings. The van der Waals surface area contributed by atoms with Crippen molar-refractivity contribution in [3.05, 3.63) is 86.0 Å². The van der Waals surface area contributed by atoms with Crippen LogP contribution in [-0.2, 0) is 29.0 Å². The highest BCUT2D eigenvalue weighted by Gasteiger charge is 2.20. The molecule has 1 atom stereocenters. The van der Waals surface area contributed by atoms with Crippen LogP contribution < -0.4 is 0 Å². The van der Waals surface area contributed by atoms with Gasteiger partial charge in [-0.1, -0.05) is 42.5 Å². The van der Waals surface area contributed by atoms with Crippen LogP contribution >= 0.6 is 0 Å². The number of carbonyl (C=O) groups is 1. The molecule has 194 valence electrons. The maximum atomic E-state index is 12.1. The zero-order valence-corrected chi connectivity index (χ0v) is 19.7. The van der Waals surface area contributed by atoms with Gasteiger partial charge in [0, 0.05) is 11.8 Å². The summed E-state index contributed by atoms with van der Waals surface area (Å²) in [6.07, 6.45) is -1.83. The van der Waals surface area contributed by atoms with Gasteiger partial charge in [-0.2, -0.15) is 0 Å². The summed E-state index contributed by atoms with van der Waals surface area (Å²) in [6.45, 7) is -2.56. The van der Waals surface area contributed by atoms with Crippen molar-refractivity contribution in [3.63, 3.8) is 0 Å². The van der Waals surface area contributed by atoms with Gasteiger partial charge in [-0.25, -0.2) is 13.2 Å². The second-order valence-corrected chi connectivity index (χ2v) is 9.11. The number of ether oxygens (including phenoxy) is 2. The quantitative estimate of drug-likeness (QED) is 0.173. The van der Waals surface area contributed by atoms with Gasteiger partial charge in [-0.05, 0) is 28.8 Å². The monoisotopic (exact) mass is 526 g/mol. The minimum absolute atomic E-state index is 0.0602. The van der Waals surface area contributed by atoms with Crippen molar-refractivity contribution >= 4 is 27.1 Å². The molecular formula is C21H22N2O12S. The summed E-state index contributed by atoms with van der Waals surface area (Å²) >= 11 is 0. The molecule has 0 saturated heterocycles. The highest BCUT2D eigenvalue weighted by atomic mass is 32.2. The lowest BCUT2D eigenvalue weighted by Crippen LogP contribution is -2.30. The summed E-state index contributed by atoms with van der Waals surface area (Å²) in [4.78, 5) is 41.2. The SMILES string of the molecule is CS(=O)(=O)c1ccc(/C(COC(=O)OCC(CO[N+](=O)[O-])O[N+](=O)[O-])=C(/CO)c2ccccc2)cc1. The summed E-state index contributed by atoms with van der Waals surface area (Å²) in [6, 6.07) is 14.3. The molecule has 0 amide bonds. The third kappa shape index (κ3) is 8.84. The number of carbonyl (C=O) groups excluding carboxylic acids is 1. The zero-order chi connectivity index (χ0) is 26.7. The number of aliphatic hydroxyl groups is 1. The maximum absolute atomic E-state index is 12.1. The van der Waals surface area contributed by atoms with Crippen LogP contribution in [0.2, 0.25) is 0 Å². The Kier molecular flexibility index (Phi) is 10.1. The Labute approximate surface area is 204 Å². The van der Waals surface area contributed by atoms with Crippen molar-refractivity contribution in [2.24, 2.45) is 0 Å². The Morgan fingerprint density at radius 2 is 1.53 bits per heavy atom. The number of rotatable bonds is 13. The van der Waals surface area contributed by atoms with E-state index in [4.69, 9.17) is 9.47 Å². The zero-order valence-electron chi connectivity index (χ0n) is 18.8. The fourth-order valence-corrected chi connectivity index (χ4v) is 3.59. The average Bonchev–Trinajstić information content (AvgIpc) is 2.83. The van der Waals surface area contributed by atoms with Crippen LogP contribution in [0.3, 0.4) is 0 Å². The first-order valence-electron chi connectivity index (χ1n) is 10.1. The van der Waals surface area contributed by atoms with Crippen LogP contribution in [0.25, 0.3) is 11.1 Å². The van der Waals surface area contributed by atoms with Gasteiger partial charge < -0.3 is 24.3 Å². The molecule has 36 heavy (non-hydrogen) atoms. The Morgan fingerprint density at radius 1 is 0.917 bits per heavy atom. The molecule has 1 N–H and O–H groups in total. The second kappa shape index (κ2) is 13.0. The molecule has 0 aliphatic carbocycles. The molecule has 14 nitrogen and oxygen atoms in total. The fourth-order valence-electron chi connectivity index (χ4n) is 2.96. The summed E-state index contributed by atoms with van der Waals surface area (Å²) in [5.41, 5.74) is 1.76. The molecule has 0 aliphatic heterocycles. The summed E-state index contributed by atoms with van der Waals surface area (Å²) in [7, 11) is -3.47. The molecule has 0 radical (unpaired) electrons. The highest BCUT2D eigenvalue weighted by Crippen LogP contribution is 2.27. The third-order valence-electron chi connectivity index (χ3n) is 4.60. The molecule has 1 unspecified atom stereocenters. The lowest BCUT2D eigenvalue weighted by molar-refractivity contribution is -0.790. The van der Waals surface area contributed by atoms with E-state index in [1.54, 1.807) is 30.3 Å². The van der Waals surface area contributed by atoms with Crippen molar-refractivity contribution in [3.8, 4) is 0 Å². The predicted molar refractivity (Wildman–Crippen MR) is 122 cm³/mol. The van der Waals surface area contributed by atoms with Crippen molar-refractivity contribution in [1.82, 2.24) is 0 Å². The van der Waals surface area contributed by atoms with Crippen molar-refractivity contribution in [2.45, 2.75) is 11.0 Å². The first-order valence-corrected chi connectivity index (χ1v) is 12.0. The van der Waals surface area contributed by atoms with Gasteiger partial charge in [-0.3, -0.25) is 0 Å². The van der Waals surface area contributed by atoms with Crippen LogP contribution in [0, 0.1) is 20.2 Å². The van der Waals surface area contributed by atoms with Gasteiger partial charge >= 0.3 is 6.16 Å². The van der Waals surface area contributed by atoms with Crippen LogP contribution in [0.15, 0.2) is 59.5 Å². The lowest BCUT2D eigenvalue weighted by atomic mass is 9.95. The van der Waals surface area contributed by atoms with E-state index in [1.165, 1.54) is 24.3 Å². The molecule has 2 rings (SSSR count). The van der Waals surface area contributed by atoms with Gasteiger partial charge in [0.2, 0.25) is 0 Å². The summed E-state index contributed by atoms with van der Waals surface area (Å²) in [5, 5.41) is 28.4.